The highest BCUT2D eigenvalue weighted by Gasteiger charge is 2.10. The summed E-state index contributed by atoms with van der Waals surface area (Å²) in [6, 6.07) is 1.55. The number of hydrogen-bond acceptors (Lipinski definition) is 4. The molecular formula is C10H14N2O4. The van der Waals surface area contributed by atoms with Gasteiger partial charge in [0.1, 0.15) is 0 Å². The Balaban J connectivity index is 2.18. The van der Waals surface area contributed by atoms with E-state index in [4.69, 9.17) is 9.63 Å². The minimum atomic E-state index is -0.822. The number of aromatic nitrogens is 1. The Labute approximate surface area is 92.6 Å². The lowest BCUT2D eigenvalue weighted by molar-refractivity contribution is -0.137. The van der Waals surface area contributed by atoms with Gasteiger partial charge in [-0.3, -0.25) is 9.59 Å². The fraction of sp³-hybridized carbons (Fsp3) is 0.500. The fourth-order valence-corrected chi connectivity index (χ4v) is 1.16. The molecule has 0 bridgehead atoms. The number of rotatable bonds is 6. The topological polar surface area (TPSA) is 92.4 Å². The molecule has 6 nitrogen and oxygen atoms in total. The van der Waals surface area contributed by atoms with Crippen molar-refractivity contribution in [3.05, 3.63) is 17.5 Å². The Hall–Kier alpha value is -1.85. The van der Waals surface area contributed by atoms with Crippen LogP contribution in [-0.4, -0.2) is 28.7 Å². The molecule has 0 aliphatic rings. The maximum atomic E-state index is 11.4. The molecule has 1 aromatic heterocycles. The van der Waals surface area contributed by atoms with Gasteiger partial charge in [-0.05, 0) is 19.8 Å². The quantitative estimate of drug-likeness (QED) is 0.705. The second-order valence-corrected chi connectivity index (χ2v) is 3.44. The molecular weight excluding hydrogens is 212 g/mol. The van der Waals surface area contributed by atoms with Crippen molar-refractivity contribution in [1.82, 2.24) is 10.5 Å². The molecule has 0 atom stereocenters. The Bertz CT molecular complexity index is 373. The number of aryl methyl sites for hydroxylation is 1. The SMILES string of the molecule is Cc1cc(C(=O)NCCCCC(=O)O)on1. The highest BCUT2D eigenvalue weighted by Crippen LogP contribution is 2.01. The van der Waals surface area contributed by atoms with Crippen LogP contribution in [0, 0.1) is 6.92 Å². The molecule has 0 saturated carbocycles. The summed E-state index contributed by atoms with van der Waals surface area (Å²) in [5.74, 6) is -0.969. The summed E-state index contributed by atoms with van der Waals surface area (Å²) >= 11 is 0. The van der Waals surface area contributed by atoms with Crippen molar-refractivity contribution < 1.29 is 19.2 Å². The fourth-order valence-electron chi connectivity index (χ4n) is 1.16. The van der Waals surface area contributed by atoms with Gasteiger partial charge in [-0.1, -0.05) is 5.16 Å². The number of amides is 1. The summed E-state index contributed by atoms with van der Waals surface area (Å²) in [7, 11) is 0. The van der Waals surface area contributed by atoms with Gasteiger partial charge in [-0.2, -0.15) is 0 Å². The second-order valence-electron chi connectivity index (χ2n) is 3.44. The molecule has 1 heterocycles. The van der Waals surface area contributed by atoms with Gasteiger partial charge in [0.15, 0.2) is 0 Å². The van der Waals surface area contributed by atoms with Gasteiger partial charge >= 0.3 is 5.97 Å². The molecule has 0 aliphatic carbocycles. The van der Waals surface area contributed by atoms with E-state index in [2.05, 4.69) is 10.5 Å². The molecule has 0 radical (unpaired) electrons. The molecule has 16 heavy (non-hydrogen) atoms. The number of nitrogens with one attached hydrogen (secondary N) is 1. The maximum absolute atomic E-state index is 11.4. The predicted octanol–water partition coefficient (Wildman–Crippen LogP) is 0.968. The van der Waals surface area contributed by atoms with Gasteiger partial charge in [0.25, 0.3) is 5.91 Å². The van der Waals surface area contributed by atoms with Gasteiger partial charge in [-0.15, -0.1) is 0 Å². The Morgan fingerprint density at radius 2 is 2.25 bits per heavy atom. The molecule has 0 spiro atoms. The number of nitrogens with zero attached hydrogens (tertiary/aromatic N) is 1. The van der Waals surface area contributed by atoms with Crippen LogP contribution >= 0.6 is 0 Å². The molecule has 0 fully saturated rings. The van der Waals surface area contributed by atoms with Crippen LogP contribution in [-0.2, 0) is 4.79 Å². The van der Waals surface area contributed by atoms with Crippen molar-refractivity contribution in [3.8, 4) is 0 Å². The van der Waals surface area contributed by atoms with Gasteiger partial charge in [0.05, 0.1) is 5.69 Å². The van der Waals surface area contributed by atoms with Crippen LogP contribution in [0.15, 0.2) is 10.6 Å². The van der Waals surface area contributed by atoms with Gasteiger partial charge < -0.3 is 14.9 Å². The first-order valence-corrected chi connectivity index (χ1v) is 5.03. The number of carboxylic acid groups (broad SMARTS) is 1. The highest BCUT2D eigenvalue weighted by molar-refractivity contribution is 5.91. The smallest absolute Gasteiger partial charge is 0.303 e. The van der Waals surface area contributed by atoms with Gasteiger partial charge in [0.2, 0.25) is 5.76 Å². The standard InChI is InChI=1S/C10H14N2O4/c1-7-6-8(16-12-7)10(15)11-5-3-2-4-9(13)14/h6H,2-5H2,1H3,(H,11,15)(H,13,14). The Morgan fingerprint density at radius 1 is 1.50 bits per heavy atom. The van der Waals surface area contributed by atoms with E-state index in [-0.39, 0.29) is 18.1 Å². The summed E-state index contributed by atoms with van der Waals surface area (Å²) in [6.07, 6.45) is 1.30. The van der Waals surface area contributed by atoms with E-state index in [1.807, 2.05) is 0 Å². The third-order valence-corrected chi connectivity index (χ3v) is 1.95. The lowest BCUT2D eigenvalue weighted by atomic mass is 10.2. The first-order valence-electron chi connectivity index (χ1n) is 5.03. The molecule has 88 valence electrons. The molecule has 0 saturated heterocycles. The highest BCUT2D eigenvalue weighted by atomic mass is 16.5. The van der Waals surface area contributed by atoms with E-state index in [0.29, 0.717) is 25.1 Å². The number of carbonyl (C=O) groups excluding carboxylic acids is 1. The van der Waals surface area contributed by atoms with E-state index in [9.17, 15) is 9.59 Å². The zero-order valence-corrected chi connectivity index (χ0v) is 9.02. The zero-order chi connectivity index (χ0) is 12.0. The largest absolute Gasteiger partial charge is 0.481 e. The van der Waals surface area contributed by atoms with Crippen molar-refractivity contribution in [2.45, 2.75) is 26.2 Å². The average molecular weight is 226 g/mol. The van der Waals surface area contributed by atoms with E-state index < -0.39 is 5.97 Å². The molecule has 0 unspecified atom stereocenters. The second kappa shape index (κ2) is 5.89. The van der Waals surface area contributed by atoms with Crippen molar-refractivity contribution >= 4 is 11.9 Å². The lowest BCUT2D eigenvalue weighted by Crippen LogP contribution is -2.24. The number of carbonyl (C=O) groups is 2. The van der Waals surface area contributed by atoms with E-state index in [1.54, 1.807) is 13.0 Å². The summed E-state index contributed by atoms with van der Waals surface area (Å²) < 4.78 is 4.77. The van der Waals surface area contributed by atoms with Crippen LogP contribution in [0.3, 0.4) is 0 Å². The van der Waals surface area contributed by atoms with Crippen LogP contribution in [0.2, 0.25) is 0 Å². The van der Waals surface area contributed by atoms with Crippen LogP contribution in [0.5, 0.6) is 0 Å². The summed E-state index contributed by atoms with van der Waals surface area (Å²) in [5, 5.41) is 14.6. The number of unbranched alkanes of at least 4 members (excludes halogenated alkanes) is 1. The normalized spacial score (nSPS) is 10.1. The lowest BCUT2D eigenvalue weighted by Gasteiger charge is -2.00. The van der Waals surface area contributed by atoms with E-state index in [1.165, 1.54) is 0 Å². The Kier molecular flexibility index (Phi) is 4.50. The van der Waals surface area contributed by atoms with E-state index >= 15 is 0 Å². The van der Waals surface area contributed by atoms with Gasteiger partial charge in [-0.25, -0.2) is 0 Å². The molecule has 1 amide bonds. The van der Waals surface area contributed by atoms with Crippen LogP contribution in [0.4, 0.5) is 0 Å². The molecule has 1 rings (SSSR count). The van der Waals surface area contributed by atoms with Gasteiger partial charge in [0, 0.05) is 19.0 Å². The molecule has 6 heteroatoms. The van der Waals surface area contributed by atoms with Crippen LogP contribution in [0.25, 0.3) is 0 Å². The number of hydrogen-bond donors (Lipinski definition) is 2. The summed E-state index contributed by atoms with van der Waals surface area (Å²) in [6.45, 7) is 2.17. The van der Waals surface area contributed by atoms with E-state index in [0.717, 1.165) is 0 Å². The number of aliphatic carboxylic acids is 1. The third kappa shape index (κ3) is 4.12. The van der Waals surface area contributed by atoms with Crippen molar-refractivity contribution in [3.63, 3.8) is 0 Å². The molecule has 2 N–H and O–H groups in total. The molecule has 1 aromatic rings. The maximum Gasteiger partial charge on any atom is 0.303 e. The van der Waals surface area contributed by atoms with Crippen LogP contribution in [0.1, 0.15) is 35.5 Å². The first-order chi connectivity index (χ1) is 7.59. The minimum Gasteiger partial charge on any atom is -0.481 e. The Morgan fingerprint density at radius 3 is 2.81 bits per heavy atom. The minimum absolute atomic E-state index is 0.122. The monoisotopic (exact) mass is 226 g/mol. The first kappa shape index (κ1) is 12.2. The summed E-state index contributed by atoms with van der Waals surface area (Å²) in [4.78, 5) is 21.6. The van der Waals surface area contributed by atoms with Crippen molar-refractivity contribution in [1.29, 1.82) is 0 Å². The average Bonchev–Trinajstić information content (AvgIpc) is 2.63. The molecule has 0 aliphatic heterocycles. The number of carboxylic acids is 1. The predicted molar refractivity (Wildman–Crippen MR) is 55.1 cm³/mol. The van der Waals surface area contributed by atoms with Crippen molar-refractivity contribution in [2.75, 3.05) is 6.54 Å². The zero-order valence-electron chi connectivity index (χ0n) is 9.02. The molecule has 0 aromatic carbocycles. The summed E-state index contributed by atoms with van der Waals surface area (Å²) in [5.41, 5.74) is 0.649. The third-order valence-electron chi connectivity index (χ3n) is 1.95. The van der Waals surface area contributed by atoms with Crippen LogP contribution < -0.4 is 5.32 Å². The van der Waals surface area contributed by atoms with Crippen molar-refractivity contribution in [2.24, 2.45) is 0 Å².